The maximum Gasteiger partial charge on any atom is 0.337 e. The van der Waals surface area contributed by atoms with Crippen molar-refractivity contribution >= 4 is 64.0 Å². The number of carbonyl (C=O) groups excluding carboxylic acids is 2. The summed E-state index contributed by atoms with van der Waals surface area (Å²) < 4.78 is 12.4. The minimum absolute atomic E-state index is 0.128. The Morgan fingerprint density at radius 3 is 2.48 bits per heavy atom. The summed E-state index contributed by atoms with van der Waals surface area (Å²) in [5, 5.41) is 3.00. The van der Waals surface area contributed by atoms with Gasteiger partial charge in [-0.05, 0) is 36.2 Å². The molecule has 1 aliphatic rings. The third kappa shape index (κ3) is 5.11. The summed E-state index contributed by atoms with van der Waals surface area (Å²) in [6.45, 7) is 2.06. The number of aliphatic imine (C=N–C) groups is 1. The maximum atomic E-state index is 14.4. The van der Waals surface area contributed by atoms with Gasteiger partial charge >= 0.3 is 6.03 Å². The zero-order valence-electron chi connectivity index (χ0n) is 16.8. The average molecular weight is 486 g/mol. The molecular formula is C21H20Cl3FN4O2. The van der Waals surface area contributed by atoms with Crippen molar-refractivity contribution in [2.45, 2.75) is 29.7 Å². The molecule has 1 fully saturated rings. The van der Waals surface area contributed by atoms with Gasteiger partial charge in [0.05, 0.1) is 5.69 Å². The van der Waals surface area contributed by atoms with Crippen LogP contribution in [-0.2, 0) is 11.2 Å². The fraction of sp³-hybridized carbons (Fsp3) is 0.286. The molecule has 1 unspecified atom stereocenters. The average Bonchev–Trinajstić information content (AvgIpc) is 2.92. The monoisotopic (exact) mass is 484 g/mol. The van der Waals surface area contributed by atoms with Crippen LogP contribution in [0, 0.1) is 5.82 Å². The quantitative estimate of drug-likeness (QED) is 0.441. The maximum absolute atomic E-state index is 14.4. The number of hydrogen-bond donors (Lipinski definition) is 1. The number of aryl methyl sites for hydroxylation is 1. The summed E-state index contributed by atoms with van der Waals surface area (Å²) in [5.41, 5.74) is 1.56. The first kappa shape index (κ1) is 23.3. The van der Waals surface area contributed by atoms with Gasteiger partial charge in [0.25, 0.3) is 5.91 Å². The third-order valence-electron chi connectivity index (χ3n) is 4.61. The van der Waals surface area contributed by atoms with Gasteiger partial charge < -0.3 is 5.32 Å². The van der Waals surface area contributed by atoms with Crippen LogP contribution >= 0.6 is 34.8 Å². The number of alkyl halides is 3. The predicted octanol–water partition coefficient (Wildman–Crippen LogP) is 5.38. The molecule has 1 aliphatic heterocycles. The summed E-state index contributed by atoms with van der Waals surface area (Å²) in [4.78, 5) is 31.3. The summed E-state index contributed by atoms with van der Waals surface area (Å²) in [7, 11) is 1.27. The number of halogens is 4. The van der Waals surface area contributed by atoms with Gasteiger partial charge in [-0.1, -0.05) is 72.4 Å². The van der Waals surface area contributed by atoms with E-state index in [2.05, 4.69) is 17.2 Å². The van der Waals surface area contributed by atoms with Gasteiger partial charge in [0, 0.05) is 12.7 Å². The number of hydrogen-bond acceptors (Lipinski definition) is 4. The first-order chi connectivity index (χ1) is 14.6. The molecule has 3 rings (SSSR count). The number of anilines is 2. The molecule has 6 nitrogen and oxygen atoms in total. The van der Waals surface area contributed by atoms with Crippen molar-refractivity contribution in [2.75, 3.05) is 17.3 Å². The number of nitrogens with zero attached hydrogens (tertiary/aromatic N) is 3. The molecule has 0 radical (unpaired) electrons. The van der Waals surface area contributed by atoms with Gasteiger partial charge in [-0.2, -0.15) is 0 Å². The van der Waals surface area contributed by atoms with Crippen molar-refractivity contribution in [3.05, 3.63) is 59.9 Å². The molecule has 10 heteroatoms. The third-order valence-corrected chi connectivity index (χ3v) is 5.23. The minimum Gasteiger partial charge on any atom is -0.360 e. The van der Waals surface area contributed by atoms with Gasteiger partial charge in [0.2, 0.25) is 9.63 Å². The van der Waals surface area contributed by atoms with Gasteiger partial charge in [-0.3, -0.25) is 9.69 Å². The first-order valence-corrected chi connectivity index (χ1v) is 10.6. The largest absolute Gasteiger partial charge is 0.360 e. The Morgan fingerprint density at radius 1 is 1.13 bits per heavy atom. The molecule has 2 aromatic rings. The highest BCUT2D eigenvalue weighted by Gasteiger charge is 2.44. The second-order valence-corrected chi connectivity index (χ2v) is 9.29. The lowest BCUT2D eigenvalue weighted by Gasteiger charge is -2.25. The lowest BCUT2D eigenvalue weighted by atomic mass is 10.1. The minimum atomic E-state index is -1.97. The summed E-state index contributed by atoms with van der Waals surface area (Å²) >= 11 is 18.4. The van der Waals surface area contributed by atoms with Gasteiger partial charge in [-0.15, -0.1) is 0 Å². The lowest BCUT2D eigenvalue weighted by molar-refractivity contribution is -0.119. The van der Waals surface area contributed by atoms with E-state index in [0.29, 0.717) is 5.69 Å². The Bertz CT molecular complexity index is 1030. The Hall–Kier alpha value is -2.35. The van der Waals surface area contributed by atoms with Crippen LogP contribution in [0.3, 0.4) is 0 Å². The van der Waals surface area contributed by atoms with Crippen LogP contribution in [0.25, 0.3) is 0 Å². The number of urea groups is 1. The van der Waals surface area contributed by atoms with Gasteiger partial charge in [-0.25, -0.2) is 19.1 Å². The van der Waals surface area contributed by atoms with Crippen LogP contribution in [0.5, 0.6) is 0 Å². The number of para-hydroxylation sites is 1. The van der Waals surface area contributed by atoms with E-state index in [9.17, 15) is 14.0 Å². The van der Waals surface area contributed by atoms with Gasteiger partial charge in [0.1, 0.15) is 5.82 Å². The van der Waals surface area contributed by atoms with Crippen molar-refractivity contribution in [2.24, 2.45) is 4.99 Å². The van der Waals surface area contributed by atoms with E-state index in [4.69, 9.17) is 34.8 Å². The van der Waals surface area contributed by atoms with E-state index in [1.807, 2.05) is 18.2 Å². The van der Waals surface area contributed by atoms with Crippen LogP contribution in [0.4, 0.5) is 20.6 Å². The number of nitrogens with one attached hydrogen (secondary N) is 1. The SMILES string of the molecule is CCCc1cccc(NC(N=C2C(=O)N(C)C(=O)N2c2ccccc2F)C(Cl)(Cl)Cl)c1. The van der Waals surface area contributed by atoms with Crippen molar-refractivity contribution in [1.82, 2.24) is 4.90 Å². The molecule has 0 bridgehead atoms. The first-order valence-electron chi connectivity index (χ1n) is 9.50. The molecule has 31 heavy (non-hydrogen) atoms. The van der Waals surface area contributed by atoms with Crippen LogP contribution in [0.2, 0.25) is 0 Å². The molecule has 2 aromatic carbocycles. The van der Waals surface area contributed by atoms with Crippen LogP contribution in [0.15, 0.2) is 53.5 Å². The topological polar surface area (TPSA) is 65.0 Å². The highest BCUT2D eigenvalue weighted by molar-refractivity contribution is 6.68. The molecule has 0 spiro atoms. The second-order valence-electron chi connectivity index (χ2n) is 6.93. The summed E-state index contributed by atoms with van der Waals surface area (Å²) in [5.74, 6) is -1.79. The van der Waals surface area contributed by atoms with Gasteiger partial charge in [0.15, 0.2) is 6.17 Å². The molecule has 1 N–H and O–H groups in total. The Labute approximate surface area is 194 Å². The van der Waals surface area contributed by atoms with Crippen LogP contribution in [0.1, 0.15) is 18.9 Å². The number of benzene rings is 2. The molecule has 1 atom stereocenters. The van der Waals surface area contributed by atoms with E-state index in [-0.39, 0.29) is 11.5 Å². The van der Waals surface area contributed by atoms with Crippen molar-refractivity contribution in [3.8, 4) is 0 Å². The number of imide groups is 1. The predicted molar refractivity (Wildman–Crippen MR) is 123 cm³/mol. The second kappa shape index (κ2) is 9.42. The Morgan fingerprint density at radius 2 is 1.84 bits per heavy atom. The Kier molecular flexibility index (Phi) is 7.09. The zero-order valence-corrected chi connectivity index (χ0v) is 19.0. The molecule has 1 saturated heterocycles. The highest BCUT2D eigenvalue weighted by atomic mass is 35.6. The summed E-state index contributed by atoms with van der Waals surface area (Å²) in [6.07, 6.45) is 0.587. The number of amidine groups is 1. The fourth-order valence-electron chi connectivity index (χ4n) is 3.11. The van der Waals surface area contributed by atoms with Crippen LogP contribution in [-0.4, -0.2) is 39.7 Å². The molecule has 0 saturated carbocycles. The zero-order chi connectivity index (χ0) is 22.8. The number of rotatable bonds is 6. The van der Waals surface area contributed by atoms with E-state index in [1.165, 1.54) is 31.3 Å². The molecular weight excluding hydrogens is 466 g/mol. The Balaban J connectivity index is 2.03. The molecule has 1 heterocycles. The van der Waals surface area contributed by atoms with Crippen molar-refractivity contribution in [3.63, 3.8) is 0 Å². The summed E-state index contributed by atoms with van der Waals surface area (Å²) in [6, 6.07) is 12.3. The molecule has 164 valence electrons. The van der Waals surface area contributed by atoms with E-state index >= 15 is 0 Å². The molecule has 0 aliphatic carbocycles. The number of amides is 3. The number of likely N-dealkylation sites (N-methyl/N-ethyl adjacent to an activating group) is 1. The fourth-order valence-corrected chi connectivity index (χ4v) is 3.42. The molecule has 0 aromatic heterocycles. The van der Waals surface area contributed by atoms with E-state index in [0.717, 1.165) is 28.2 Å². The highest BCUT2D eigenvalue weighted by Crippen LogP contribution is 2.35. The van der Waals surface area contributed by atoms with Crippen LogP contribution < -0.4 is 10.2 Å². The van der Waals surface area contributed by atoms with E-state index in [1.54, 1.807) is 6.07 Å². The van der Waals surface area contributed by atoms with E-state index < -0.39 is 27.7 Å². The lowest BCUT2D eigenvalue weighted by Crippen LogP contribution is -2.38. The van der Waals surface area contributed by atoms with Crippen molar-refractivity contribution < 1.29 is 14.0 Å². The normalized spacial score (nSPS) is 16.9. The molecule has 3 amide bonds. The standard InChI is InChI=1S/C21H20Cl3FN4O2/c1-3-7-13-8-6-9-14(12-13)26-19(21(22,23)24)27-17-18(30)28(2)20(31)29(17)16-11-5-4-10-15(16)25/h4-6,8-12,19,26H,3,7H2,1-2H3. The number of carbonyl (C=O) groups is 2. The smallest absolute Gasteiger partial charge is 0.337 e. The van der Waals surface area contributed by atoms with Crippen molar-refractivity contribution in [1.29, 1.82) is 0 Å².